The lowest BCUT2D eigenvalue weighted by molar-refractivity contribution is 0.450. The summed E-state index contributed by atoms with van der Waals surface area (Å²) in [5, 5.41) is 3.63. The van der Waals surface area contributed by atoms with Crippen LogP contribution in [0.25, 0.3) is 0 Å². The van der Waals surface area contributed by atoms with Crippen molar-refractivity contribution in [2.24, 2.45) is 5.92 Å². The van der Waals surface area contributed by atoms with Crippen molar-refractivity contribution in [3.63, 3.8) is 0 Å². The van der Waals surface area contributed by atoms with Crippen molar-refractivity contribution in [3.8, 4) is 0 Å². The summed E-state index contributed by atoms with van der Waals surface area (Å²) in [6.07, 6.45) is 3.70. The molecule has 0 saturated heterocycles. The van der Waals surface area contributed by atoms with Crippen LogP contribution in [0, 0.1) is 5.92 Å². The molecule has 1 unspecified atom stereocenters. The molecule has 17 heavy (non-hydrogen) atoms. The van der Waals surface area contributed by atoms with Crippen LogP contribution in [0.15, 0.2) is 24.3 Å². The van der Waals surface area contributed by atoms with Gasteiger partial charge in [0.05, 0.1) is 0 Å². The molecule has 1 aromatic rings. The summed E-state index contributed by atoms with van der Waals surface area (Å²) in [5.74, 6) is 0.808. The molecule has 0 saturated carbocycles. The van der Waals surface area contributed by atoms with Crippen LogP contribution in [0.5, 0.6) is 0 Å². The van der Waals surface area contributed by atoms with Gasteiger partial charge in [0.25, 0.3) is 0 Å². The van der Waals surface area contributed by atoms with Crippen molar-refractivity contribution < 1.29 is 0 Å². The van der Waals surface area contributed by atoms with E-state index < -0.39 is 0 Å². The average Bonchev–Trinajstić information content (AvgIpc) is 2.34. The summed E-state index contributed by atoms with van der Waals surface area (Å²) in [7, 11) is 0. The predicted octanol–water partition coefficient (Wildman–Crippen LogP) is 4.16. The van der Waals surface area contributed by atoms with Crippen molar-refractivity contribution in [1.29, 1.82) is 0 Å². The minimum atomic E-state index is 0.613. The van der Waals surface area contributed by atoms with E-state index in [0.717, 1.165) is 18.9 Å². The summed E-state index contributed by atoms with van der Waals surface area (Å²) >= 11 is 0. The highest BCUT2D eigenvalue weighted by Crippen LogP contribution is 2.11. The molecule has 0 fully saturated rings. The minimum absolute atomic E-state index is 0.613. The molecule has 1 nitrogen and oxygen atoms in total. The van der Waals surface area contributed by atoms with Crippen molar-refractivity contribution in [1.82, 2.24) is 5.32 Å². The Morgan fingerprint density at radius 3 is 2.24 bits per heavy atom. The zero-order valence-electron chi connectivity index (χ0n) is 11.8. The second-order valence-corrected chi connectivity index (χ2v) is 5.38. The van der Waals surface area contributed by atoms with E-state index in [2.05, 4.69) is 57.3 Å². The lowest BCUT2D eigenvalue weighted by atomic mass is 10.0. The highest BCUT2D eigenvalue weighted by molar-refractivity contribution is 5.26. The number of nitrogens with one attached hydrogen (secondary N) is 1. The Bertz CT molecular complexity index is 317. The first-order valence-corrected chi connectivity index (χ1v) is 6.93. The Hall–Kier alpha value is -0.820. The molecule has 0 aliphatic rings. The van der Waals surface area contributed by atoms with Crippen molar-refractivity contribution >= 4 is 0 Å². The van der Waals surface area contributed by atoms with Crippen LogP contribution in [0.4, 0.5) is 0 Å². The molecule has 0 radical (unpaired) electrons. The number of benzene rings is 1. The molecule has 1 heteroatoms. The Morgan fingerprint density at radius 2 is 1.65 bits per heavy atom. The van der Waals surface area contributed by atoms with Crippen molar-refractivity contribution in [2.75, 3.05) is 0 Å². The fourth-order valence-corrected chi connectivity index (χ4v) is 2.04. The van der Waals surface area contributed by atoms with E-state index in [9.17, 15) is 0 Å². The largest absolute Gasteiger partial charge is 0.310 e. The van der Waals surface area contributed by atoms with Gasteiger partial charge in [0.2, 0.25) is 0 Å². The van der Waals surface area contributed by atoms with Gasteiger partial charge in [0.1, 0.15) is 0 Å². The topological polar surface area (TPSA) is 12.0 Å². The van der Waals surface area contributed by atoms with Crippen LogP contribution in [0.2, 0.25) is 0 Å². The Morgan fingerprint density at radius 1 is 1.00 bits per heavy atom. The van der Waals surface area contributed by atoms with Gasteiger partial charge < -0.3 is 5.32 Å². The second kappa shape index (κ2) is 7.50. The van der Waals surface area contributed by atoms with Gasteiger partial charge in [-0.15, -0.1) is 0 Å². The molecular formula is C16H27N. The Labute approximate surface area is 107 Å². The van der Waals surface area contributed by atoms with Crippen LogP contribution in [0.3, 0.4) is 0 Å². The van der Waals surface area contributed by atoms with E-state index in [-0.39, 0.29) is 0 Å². The maximum atomic E-state index is 3.63. The standard InChI is InChI=1S/C16H27N/c1-5-15-8-6-7-9-16(15)12-17-14(4)11-10-13(2)3/h6-9,13-14,17H,5,10-12H2,1-4H3. The lowest BCUT2D eigenvalue weighted by Crippen LogP contribution is -2.26. The summed E-state index contributed by atoms with van der Waals surface area (Å²) in [4.78, 5) is 0. The maximum Gasteiger partial charge on any atom is 0.0210 e. The van der Waals surface area contributed by atoms with E-state index in [0.29, 0.717) is 6.04 Å². The maximum absolute atomic E-state index is 3.63. The molecule has 1 aromatic carbocycles. The zero-order chi connectivity index (χ0) is 12.7. The summed E-state index contributed by atoms with van der Waals surface area (Å²) < 4.78 is 0. The van der Waals surface area contributed by atoms with E-state index in [4.69, 9.17) is 0 Å². The molecule has 0 aromatic heterocycles. The van der Waals surface area contributed by atoms with E-state index >= 15 is 0 Å². The van der Waals surface area contributed by atoms with E-state index in [1.54, 1.807) is 0 Å². The van der Waals surface area contributed by atoms with Crippen LogP contribution < -0.4 is 5.32 Å². The third-order valence-corrected chi connectivity index (χ3v) is 3.32. The molecule has 0 heterocycles. The molecule has 0 bridgehead atoms. The first-order valence-electron chi connectivity index (χ1n) is 6.93. The summed E-state index contributed by atoms with van der Waals surface area (Å²) in [6, 6.07) is 9.35. The smallest absolute Gasteiger partial charge is 0.0210 e. The van der Waals surface area contributed by atoms with Gasteiger partial charge in [0.15, 0.2) is 0 Å². The van der Waals surface area contributed by atoms with Crippen LogP contribution >= 0.6 is 0 Å². The Kier molecular flexibility index (Phi) is 6.28. The minimum Gasteiger partial charge on any atom is -0.310 e. The predicted molar refractivity (Wildman–Crippen MR) is 76.2 cm³/mol. The third-order valence-electron chi connectivity index (χ3n) is 3.32. The van der Waals surface area contributed by atoms with Gasteiger partial charge in [-0.3, -0.25) is 0 Å². The summed E-state index contributed by atoms with van der Waals surface area (Å²) in [5.41, 5.74) is 2.92. The molecule has 0 aliphatic heterocycles. The number of hydrogen-bond donors (Lipinski definition) is 1. The molecule has 1 rings (SSSR count). The Balaban J connectivity index is 2.39. The fourth-order valence-electron chi connectivity index (χ4n) is 2.04. The number of rotatable bonds is 7. The molecule has 96 valence electrons. The van der Waals surface area contributed by atoms with Gasteiger partial charge >= 0.3 is 0 Å². The number of aryl methyl sites for hydroxylation is 1. The number of hydrogen-bond acceptors (Lipinski definition) is 1. The molecule has 0 spiro atoms. The zero-order valence-corrected chi connectivity index (χ0v) is 11.8. The van der Waals surface area contributed by atoms with Gasteiger partial charge in [0, 0.05) is 12.6 Å². The molecule has 0 amide bonds. The monoisotopic (exact) mass is 233 g/mol. The molecule has 1 atom stereocenters. The second-order valence-electron chi connectivity index (χ2n) is 5.38. The van der Waals surface area contributed by atoms with Gasteiger partial charge in [-0.1, -0.05) is 45.0 Å². The van der Waals surface area contributed by atoms with Crippen LogP contribution in [-0.4, -0.2) is 6.04 Å². The summed E-state index contributed by atoms with van der Waals surface area (Å²) in [6.45, 7) is 10.1. The molecule has 0 aliphatic carbocycles. The third kappa shape index (κ3) is 5.36. The molecule has 1 N–H and O–H groups in total. The average molecular weight is 233 g/mol. The highest BCUT2D eigenvalue weighted by Gasteiger charge is 2.05. The van der Waals surface area contributed by atoms with Crippen molar-refractivity contribution in [2.45, 2.75) is 59.5 Å². The van der Waals surface area contributed by atoms with E-state index in [1.807, 2.05) is 0 Å². The van der Waals surface area contributed by atoms with Gasteiger partial charge in [-0.05, 0) is 43.2 Å². The van der Waals surface area contributed by atoms with E-state index in [1.165, 1.54) is 24.0 Å². The van der Waals surface area contributed by atoms with Crippen LogP contribution in [-0.2, 0) is 13.0 Å². The highest BCUT2D eigenvalue weighted by atomic mass is 14.9. The van der Waals surface area contributed by atoms with Gasteiger partial charge in [-0.2, -0.15) is 0 Å². The molecular weight excluding hydrogens is 206 g/mol. The van der Waals surface area contributed by atoms with Gasteiger partial charge in [-0.25, -0.2) is 0 Å². The van der Waals surface area contributed by atoms with Crippen molar-refractivity contribution in [3.05, 3.63) is 35.4 Å². The first-order chi connectivity index (χ1) is 8.13. The normalized spacial score (nSPS) is 13.0. The fraction of sp³-hybridized carbons (Fsp3) is 0.625. The lowest BCUT2D eigenvalue weighted by Gasteiger charge is -2.16. The van der Waals surface area contributed by atoms with Crippen LogP contribution in [0.1, 0.15) is 51.7 Å². The first kappa shape index (κ1) is 14.2. The SMILES string of the molecule is CCc1ccccc1CNC(C)CCC(C)C. The quantitative estimate of drug-likeness (QED) is 0.745.